The van der Waals surface area contributed by atoms with Gasteiger partial charge in [0.25, 0.3) is 0 Å². The third-order valence-corrected chi connectivity index (χ3v) is 4.57. The van der Waals surface area contributed by atoms with Gasteiger partial charge in [0.1, 0.15) is 11.8 Å². The summed E-state index contributed by atoms with van der Waals surface area (Å²) in [5, 5.41) is 0. The fraction of sp³-hybridized carbons (Fsp3) is 0.333. The topological polar surface area (TPSA) is 75.3 Å². The van der Waals surface area contributed by atoms with E-state index >= 15 is 0 Å². The molecule has 25 heavy (non-hydrogen) atoms. The number of hydrogen-bond donors (Lipinski definition) is 2. The first kappa shape index (κ1) is 15.9. The first-order chi connectivity index (χ1) is 12.2. The highest BCUT2D eigenvalue weighted by Gasteiger charge is 2.31. The molecule has 0 saturated carbocycles. The summed E-state index contributed by atoms with van der Waals surface area (Å²) >= 11 is 0. The minimum Gasteiger partial charge on any atom is -0.467 e. The number of benzene rings is 1. The van der Waals surface area contributed by atoms with E-state index in [1.54, 1.807) is 18.2 Å². The van der Waals surface area contributed by atoms with Crippen molar-refractivity contribution in [2.45, 2.75) is 31.6 Å². The molecular formula is C18H21N5O2. The summed E-state index contributed by atoms with van der Waals surface area (Å²) in [7, 11) is 1.79. The van der Waals surface area contributed by atoms with Crippen LogP contribution in [-0.4, -0.2) is 39.5 Å². The van der Waals surface area contributed by atoms with Gasteiger partial charge < -0.3 is 13.9 Å². The number of nitrogens with one attached hydrogen (secondary N) is 2. The van der Waals surface area contributed by atoms with Gasteiger partial charge in [-0.05, 0) is 30.7 Å². The van der Waals surface area contributed by atoms with E-state index in [9.17, 15) is 4.79 Å². The first-order valence-electron chi connectivity index (χ1n) is 8.39. The van der Waals surface area contributed by atoms with Crippen LogP contribution in [0.15, 0.2) is 53.4 Å². The van der Waals surface area contributed by atoms with Crippen molar-refractivity contribution in [1.29, 1.82) is 0 Å². The number of rotatable bonds is 5. The van der Waals surface area contributed by atoms with Crippen molar-refractivity contribution in [3.05, 3.63) is 54.7 Å². The Morgan fingerprint density at radius 3 is 3.04 bits per heavy atom. The highest BCUT2D eigenvalue weighted by atomic mass is 16.3. The van der Waals surface area contributed by atoms with Gasteiger partial charge >= 0.3 is 0 Å². The lowest BCUT2D eigenvalue weighted by molar-refractivity contribution is -0.132. The number of hydrazine groups is 1. The normalized spacial score (nSPS) is 20.2. The smallest absolute Gasteiger partial charge is 0.241 e. The standard InChI is InChI=1S/C18H21N5O2/c1-22(11-14-5-4-8-25-14)18(24)16-9-13(20-21-16)10-23-12-19-15-6-2-3-7-17(15)23/h2-8,12-13,16,20-21H,9-11H2,1H3. The Morgan fingerprint density at radius 1 is 1.32 bits per heavy atom. The number of hydrogen-bond acceptors (Lipinski definition) is 5. The van der Waals surface area contributed by atoms with Crippen molar-refractivity contribution in [1.82, 2.24) is 25.3 Å². The van der Waals surface area contributed by atoms with Crippen LogP contribution in [0.1, 0.15) is 12.2 Å². The molecule has 7 nitrogen and oxygen atoms in total. The summed E-state index contributed by atoms with van der Waals surface area (Å²) in [4.78, 5) is 18.7. The second kappa shape index (κ2) is 6.70. The maximum absolute atomic E-state index is 12.6. The summed E-state index contributed by atoms with van der Waals surface area (Å²) in [6, 6.07) is 11.7. The van der Waals surface area contributed by atoms with Crippen LogP contribution in [0.3, 0.4) is 0 Å². The van der Waals surface area contributed by atoms with Gasteiger partial charge in [0.15, 0.2) is 0 Å². The quantitative estimate of drug-likeness (QED) is 0.737. The molecule has 4 rings (SSSR count). The number of carbonyl (C=O) groups is 1. The van der Waals surface area contributed by atoms with Crippen LogP contribution in [0.25, 0.3) is 11.0 Å². The lowest BCUT2D eigenvalue weighted by Crippen LogP contribution is -2.44. The Bertz CT molecular complexity index is 857. The van der Waals surface area contributed by atoms with Crippen molar-refractivity contribution in [2.24, 2.45) is 0 Å². The fourth-order valence-electron chi connectivity index (χ4n) is 3.28. The second-order valence-corrected chi connectivity index (χ2v) is 6.43. The average molecular weight is 339 g/mol. The zero-order valence-corrected chi connectivity index (χ0v) is 14.1. The number of carbonyl (C=O) groups excluding carboxylic acids is 1. The van der Waals surface area contributed by atoms with Crippen LogP contribution in [0, 0.1) is 0 Å². The van der Waals surface area contributed by atoms with Gasteiger partial charge in [-0.15, -0.1) is 0 Å². The third-order valence-electron chi connectivity index (χ3n) is 4.57. The van der Waals surface area contributed by atoms with Crippen LogP contribution in [0.4, 0.5) is 0 Å². The molecule has 0 radical (unpaired) electrons. The molecule has 3 heterocycles. The molecule has 0 aliphatic carbocycles. The molecule has 0 spiro atoms. The van der Waals surface area contributed by atoms with Gasteiger partial charge in [0.2, 0.25) is 5.91 Å². The molecule has 2 N–H and O–H groups in total. The molecule has 1 fully saturated rings. The van der Waals surface area contributed by atoms with E-state index < -0.39 is 0 Å². The molecule has 2 aromatic heterocycles. The van der Waals surface area contributed by atoms with Crippen molar-refractivity contribution in [3.63, 3.8) is 0 Å². The molecule has 130 valence electrons. The molecule has 7 heteroatoms. The Balaban J connectivity index is 1.37. The van der Waals surface area contributed by atoms with Gasteiger partial charge in [0, 0.05) is 19.6 Å². The highest BCUT2D eigenvalue weighted by molar-refractivity contribution is 5.82. The molecule has 1 amide bonds. The van der Waals surface area contributed by atoms with E-state index in [1.807, 2.05) is 36.7 Å². The number of furan rings is 1. The van der Waals surface area contributed by atoms with Gasteiger partial charge in [0.05, 0.1) is 30.2 Å². The van der Waals surface area contributed by atoms with Crippen LogP contribution >= 0.6 is 0 Å². The van der Waals surface area contributed by atoms with Crippen LogP contribution in [0.2, 0.25) is 0 Å². The van der Waals surface area contributed by atoms with E-state index in [4.69, 9.17) is 4.42 Å². The molecular weight excluding hydrogens is 318 g/mol. The number of likely N-dealkylation sites (N-methyl/N-ethyl adjacent to an activating group) is 1. The Hall–Kier alpha value is -2.64. The molecule has 2 atom stereocenters. The highest BCUT2D eigenvalue weighted by Crippen LogP contribution is 2.16. The molecule has 1 aliphatic heterocycles. The van der Waals surface area contributed by atoms with Gasteiger partial charge in [-0.25, -0.2) is 10.4 Å². The lowest BCUT2D eigenvalue weighted by Gasteiger charge is -2.19. The molecule has 3 aromatic rings. The minimum absolute atomic E-state index is 0.0573. The van der Waals surface area contributed by atoms with Crippen LogP contribution in [-0.2, 0) is 17.9 Å². The lowest BCUT2D eigenvalue weighted by atomic mass is 10.1. The van der Waals surface area contributed by atoms with E-state index in [-0.39, 0.29) is 18.0 Å². The monoisotopic (exact) mass is 339 g/mol. The summed E-state index contributed by atoms with van der Waals surface area (Å²) in [5.74, 6) is 0.838. The third kappa shape index (κ3) is 3.29. The first-order valence-corrected chi connectivity index (χ1v) is 8.39. The Kier molecular flexibility index (Phi) is 4.25. The van der Waals surface area contributed by atoms with Crippen LogP contribution in [0.5, 0.6) is 0 Å². The fourth-order valence-corrected chi connectivity index (χ4v) is 3.28. The van der Waals surface area contributed by atoms with E-state index in [2.05, 4.69) is 26.5 Å². The van der Waals surface area contributed by atoms with Crippen molar-refractivity contribution in [3.8, 4) is 0 Å². The van der Waals surface area contributed by atoms with E-state index in [0.29, 0.717) is 6.54 Å². The number of nitrogens with zero attached hydrogens (tertiary/aromatic N) is 3. The minimum atomic E-state index is -0.236. The van der Waals surface area contributed by atoms with Crippen molar-refractivity contribution in [2.75, 3.05) is 7.05 Å². The largest absolute Gasteiger partial charge is 0.467 e. The van der Waals surface area contributed by atoms with Gasteiger partial charge in [-0.2, -0.15) is 0 Å². The van der Waals surface area contributed by atoms with Crippen LogP contribution < -0.4 is 10.9 Å². The molecule has 1 saturated heterocycles. The summed E-state index contributed by atoms with van der Waals surface area (Å²) in [6.07, 6.45) is 4.20. The predicted octanol–water partition coefficient (Wildman–Crippen LogP) is 1.52. The van der Waals surface area contributed by atoms with E-state index in [0.717, 1.165) is 29.8 Å². The number of aromatic nitrogens is 2. The second-order valence-electron chi connectivity index (χ2n) is 6.43. The van der Waals surface area contributed by atoms with E-state index in [1.165, 1.54) is 0 Å². The molecule has 0 bridgehead atoms. The number of imidazole rings is 1. The number of para-hydroxylation sites is 2. The molecule has 2 unspecified atom stereocenters. The zero-order chi connectivity index (χ0) is 17.2. The van der Waals surface area contributed by atoms with Crippen molar-refractivity contribution < 1.29 is 9.21 Å². The summed E-state index contributed by atoms with van der Waals surface area (Å²) in [6.45, 7) is 1.24. The molecule has 1 aliphatic rings. The summed E-state index contributed by atoms with van der Waals surface area (Å²) in [5.41, 5.74) is 8.45. The van der Waals surface area contributed by atoms with Gasteiger partial charge in [-0.1, -0.05) is 12.1 Å². The zero-order valence-electron chi connectivity index (χ0n) is 14.1. The Labute approximate surface area is 145 Å². The SMILES string of the molecule is CN(Cc1ccco1)C(=O)C1CC(Cn2cnc3ccccc32)NN1. The van der Waals surface area contributed by atoms with Crippen molar-refractivity contribution >= 4 is 16.9 Å². The maximum Gasteiger partial charge on any atom is 0.241 e. The Morgan fingerprint density at radius 2 is 2.20 bits per heavy atom. The average Bonchev–Trinajstić information content (AvgIpc) is 3.36. The number of amides is 1. The number of fused-ring (bicyclic) bond motifs is 1. The predicted molar refractivity (Wildman–Crippen MR) is 93.4 cm³/mol. The molecule has 1 aromatic carbocycles. The van der Waals surface area contributed by atoms with Gasteiger partial charge in [-0.3, -0.25) is 10.2 Å². The summed E-state index contributed by atoms with van der Waals surface area (Å²) < 4.78 is 7.43. The maximum atomic E-state index is 12.6.